The maximum Gasteiger partial charge on any atom is 0.228 e. The van der Waals surface area contributed by atoms with Crippen molar-refractivity contribution in [2.45, 2.75) is 17.7 Å². The molecule has 5 heteroatoms. The van der Waals surface area contributed by atoms with Gasteiger partial charge in [-0.3, -0.25) is 4.79 Å². The zero-order valence-electron chi connectivity index (χ0n) is 12.4. The number of aryl methyl sites for hydroxylation is 1. The van der Waals surface area contributed by atoms with Crippen LogP contribution in [0.5, 0.6) is 0 Å². The number of hydrogen-bond acceptors (Lipinski definition) is 4. The second kappa shape index (κ2) is 6.50. The summed E-state index contributed by atoms with van der Waals surface area (Å²) in [5.74, 6) is -0.000412. The molecule has 2 aromatic carbocycles. The topological polar surface area (TPSA) is 42.0 Å². The van der Waals surface area contributed by atoms with Crippen LogP contribution in [0.15, 0.2) is 46.8 Å². The molecule has 3 aromatic rings. The van der Waals surface area contributed by atoms with Crippen molar-refractivity contribution in [3.05, 3.63) is 53.6 Å². The van der Waals surface area contributed by atoms with E-state index in [9.17, 15) is 4.79 Å². The van der Waals surface area contributed by atoms with Gasteiger partial charge < -0.3 is 5.32 Å². The van der Waals surface area contributed by atoms with Crippen LogP contribution in [0.2, 0.25) is 0 Å². The molecule has 1 aromatic heterocycles. The van der Waals surface area contributed by atoms with Gasteiger partial charge in [-0.05, 0) is 36.9 Å². The van der Waals surface area contributed by atoms with Crippen LogP contribution in [0.3, 0.4) is 0 Å². The molecule has 0 bridgehead atoms. The summed E-state index contributed by atoms with van der Waals surface area (Å²) in [6.07, 6.45) is 2.40. The molecule has 0 unspecified atom stereocenters. The second-order valence-corrected chi connectivity index (χ2v) is 7.16. The number of hydrogen-bond donors (Lipinski definition) is 1. The quantitative estimate of drug-likeness (QED) is 0.717. The van der Waals surface area contributed by atoms with Gasteiger partial charge in [0.2, 0.25) is 5.91 Å². The lowest BCUT2D eigenvalue weighted by molar-refractivity contribution is -0.115. The highest BCUT2D eigenvalue weighted by Gasteiger charge is 2.07. The number of amides is 1. The molecule has 0 radical (unpaired) electrons. The zero-order valence-corrected chi connectivity index (χ0v) is 14.1. The number of benzene rings is 2. The zero-order chi connectivity index (χ0) is 15.5. The van der Waals surface area contributed by atoms with Gasteiger partial charge in [-0.1, -0.05) is 41.6 Å². The van der Waals surface area contributed by atoms with Crippen LogP contribution in [0, 0.1) is 6.92 Å². The molecule has 3 rings (SSSR count). The Kier molecular flexibility index (Phi) is 4.45. The van der Waals surface area contributed by atoms with Gasteiger partial charge in [0.05, 0.1) is 16.6 Å². The molecular formula is C17H16N2OS2. The molecule has 0 fully saturated rings. The number of nitrogens with one attached hydrogen (secondary N) is 1. The maximum atomic E-state index is 12.2. The largest absolute Gasteiger partial charge is 0.326 e. The first kappa shape index (κ1) is 15.1. The molecule has 0 saturated heterocycles. The smallest absolute Gasteiger partial charge is 0.228 e. The van der Waals surface area contributed by atoms with Crippen molar-refractivity contribution in [2.24, 2.45) is 0 Å². The average Bonchev–Trinajstić information content (AvgIpc) is 2.89. The van der Waals surface area contributed by atoms with Gasteiger partial charge in [0.1, 0.15) is 0 Å². The van der Waals surface area contributed by atoms with E-state index in [1.807, 2.05) is 55.6 Å². The number of carbonyl (C=O) groups excluding carboxylic acids is 1. The van der Waals surface area contributed by atoms with Gasteiger partial charge in [0.15, 0.2) is 4.34 Å². The fraction of sp³-hybridized carbons (Fsp3) is 0.176. The number of thiazole rings is 1. The lowest BCUT2D eigenvalue weighted by Crippen LogP contribution is -2.14. The predicted octanol–water partition coefficient (Wildman–Crippen LogP) is 4.51. The lowest BCUT2D eigenvalue weighted by Gasteiger charge is -2.06. The second-order valence-electron chi connectivity index (χ2n) is 5.08. The minimum atomic E-state index is -0.000412. The van der Waals surface area contributed by atoms with E-state index in [0.717, 1.165) is 25.8 Å². The van der Waals surface area contributed by atoms with Gasteiger partial charge in [-0.25, -0.2) is 4.98 Å². The Morgan fingerprint density at radius 3 is 2.91 bits per heavy atom. The summed E-state index contributed by atoms with van der Waals surface area (Å²) in [4.78, 5) is 16.7. The standard InChI is InChI=1S/C17H16N2OS2/c1-11-4-3-5-12(8-11)9-16(20)18-13-6-7-14-15(10-13)22-17(19-14)21-2/h3-8,10H,9H2,1-2H3,(H,18,20). The third-order valence-corrected chi connectivity index (χ3v) is 5.28. The molecule has 0 aliphatic rings. The number of thioether (sulfide) groups is 1. The summed E-state index contributed by atoms with van der Waals surface area (Å²) < 4.78 is 2.14. The highest BCUT2D eigenvalue weighted by atomic mass is 32.2. The van der Waals surface area contributed by atoms with Crippen LogP contribution in [0.25, 0.3) is 10.2 Å². The Hall–Kier alpha value is -1.85. The maximum absolute atomic E-state index is 12.2. The fourth-order valence-corrected chi connectivity index (χ4v) is 3.81. The van der Waals surface area contributed by atoms with Crippen molar-refractivity contribution >= 4 is 44.9 Å². The van der Waals surface area contributed by atoms with Crippen molar-refractivity contribution in [1.29, 1.82) is 0 Å². The Bertz CT molecular complexity index is 826. The summed E-state index contributed by atoms with van der Waals surface area (Å²) in [6.45, 7) is 2.03. The highest BCUT2D eigenvalue weighted by Crippen LogP contribution is 2.29. The van der Waals surface area contributed by atoms with Crippen LogP contribution in [0.4, 0.5) is 5.69 Å². The minimum absolute atomic E-state index is 0.000412. The van der Waals surface area contributed by atoms with Crippen molar-refractivity contribution in [3.63, 3.8) is 0 Å². The summed E-state index contributed by atoms with van der Waals surface area (Å²) in [5.41, 5.74) is 3.99. The summed E-state index contributed by atoms with van der Waals surface area (Å²) in [5, 5.41) is 2.96. The van der Waals surface area contributed by atoms with Gasteiger partial charge in [0.25, 0.3) is 0 Å². The van der Waals surface area contributed by atoms with Gasteiger partial charge in [-0.15, -0.1) is 11.3 Å². The first-order valence-electron chi connectivity index (χ1n) is 6.94. The van der Waals surface area contributed by atoms with Crippen molar-refractivity contribution < 1.29 is 4.79 Å². The Balaban J connectivity index is 1.73. The Labute approximate surface area is 137 Å². The first-order chi connectivity index (χ1) is 10.6. The number of carbonyl (C=O) groups is 1. The summed E-state index contributed by atoms with van der Waals surface area (Å²) >= 11 is 3.28. The average molecular weight is 328 g/mol. The van der Waals surface area contributed by atoms with E-state index in [4.69, 9.17) is 0 Å². The molecule has 1 N–H and O–H groups in total. The van der Waals surface area contributed by atoms with Crippen LogP contribution in [-0.4, -0.2) is 17.1 Å². The van der Waals surface area contributed by atoms with E-state index < -0.39 is 0 Å². The van der Waals surface area contributed by atoms with E-state index >= 15 is 0 Å². The number of fused-ring (bicyclic) bond motifs is 1. The monoisotopic (exact) mass is 328 g/mol. The van der Waals surface area contributed by atoms with E-state index in [2.05, 4.69) is 10.3 Å². The van der Waals surface area contributed by atoms with E-state index in [-0.39, 0.29) is 5.91 Å². The number of rotatable bonds is 4. The molecule has 1 amide bonds. The normalized spacial score (nSPS) is 10.8. The highest BCUT2D eigenvalue weighted by molar-refractivity contribution is 8.00. The van der Waals surface area contributed by atoms with Crippen LogP contribution >= 0.6 is 23.1 Å². The van der Waals surface area contributed by atoms with Gasteiger partial charge >= 0.3 is 0 Å². The summed E-state index contributed by atoms with van der Waals surface area (Å²) in [6, 6.07) is 13.9. The molecule has 22 heavy (non-hydrogen) atoms. The minimum Gasteiger partial charge on any atom is -0.326 e. The Morgan fingerprint density at radius 1 is 1.27 bits per heavy atom. The molecule has 0 spiro atoms. The third kappa shape index (κ3) is 3.48. The SMILES string of the molecule is CSc1nc2ccc(NC(=O)Cc3cccc(C)c3)cc2s1. The molecule has 1 heterocycles. The van der Waals surface area contributed by atoms with Crippen molar-refractivity contribution in [1.82, 2.24) is 4.98 Å². The van der Waals surface area contributed by atoms with Crippen molar-refractivity contribution in [2.75, 3.05) is 11.6 Å². The third-order valence-electron chi connectivity index (χ3n) is 3.27. The molecule has 0 saturated carbocycles. The van der Waals surface area contributed by atoms with Gasteiger partial charge in [0, 0.05) is 5.69 Å². The van der Waals surface area contributed by atoms with E-state index in [1.165, 1.54) is 5.56 Å². The van der Waals surface area contributed by atoms with Crippen LogP contribution in [0.1, 0.15) is 11.1 Å². The van der Waals surface area contributed by atoms with Gasteiger partial charge in [-0.2, -0.15) is 0 Å². The van der Waals surface area contributed by atoms with Crippen LogP contribution < -0.4 is 5.32 Å². The molecule has 0 atom stereocenters. The predicted molar refractivity (Wildman–Crippen MR) is 94.9 cm³/mol. The number of anilines is 1. The molecular weight excluding hydrogens is 312 g/mol. The Morgan fingerprint density at radius 2 is 2.14 bits per heavy atom. The number of aromatic nitrogens is 1. The fourth-order valence-electron chi connectivity index (χ4n) is 2.28. The molecule has 0 aliphatic heterocycles. The molecule has 112 valence electrons. The van der Waals surface area contributed by atoms with Crippen molar-refractivity contribution in [3.8, 4) is 0 Å². The molecule has 3 nitrogen and oxygen atoms in total. The number of nitrogens with zero attached hydrogens (tertiary/aromatic N) is 1. The summed E-state index contributed by atoms with van der Waals surface area (Å²) in [7, 11) is 0. The lowest BCUT2D eigenvalue weighted by atomic mass is 10.1. The molecule has 0 aliphatic carbocycles. The first-order valence-corrected chi connectivity index (χ1v) is 8.98. The van der Waals surface area contributed by atoms with E-state index in [0.29, 0.717) is 6.42 Å². The van der Waals surface area contributed by atoms with Crippen LogP contribution in [-0.2, 0) is 11.2 Å². The van der Waals surface area contributed by atoms with E-state index in [1.54, 1.807) is 23.1 Å².